The zero-order valence-corrected chi connectivity index (χ0v) is 26.8. The molecule has 212 valence electrons. The fraction of sp³-hybridized carbons (Fsp3) is 0.263. The van der Waals surface area contributed by atoms with E-state index in [-0.39, 0.29) is 5.41 Å². The van der Waals surface area contributed by atoms with Gasteiger partial charge >= 0.3 is 0 Å². The zero-order chi connectivity index (χ0) is 29.3. The van der Waals surface area contributed by atoms with Crippen LogP contribution in [0.2, 0.25) is 0 Å². The van der Waals surface area contributed by atoms with Gasteiger partial charge in [-0.1, -0.05) is 107 Å². The second kappa shape index (κ2) is 11.9. The van der Waals surface area contributed by atoms with Crippen LogP contribution in [0, 0.1) is 0 Å². The smallest absolute Gasteiger partial charge is 0.0988 e. The van der Waals surface area contributed by atoms with Crippen molar-refractivity contribution in [3.8, 4) is 43.4 Å². The number of aromatic nitrogens is 2. The van der Waals surface area contributed by atoms with Gasteiger partial charge in [0.05, 0.1) is 22.4 Å². The Morgan fingerprint density at radius 2 is 1.12 bits per heavy atom. The van der Waals surface area contributed by atoms with Crippen LogP contribution >= 0.6 is 22.7 Å². The highest BCUT2D eigenvalue weighted by Gasteiger charge is 2.26. The molecule has 2 nitrogen and oxygen atoms in total. The Bertz CT molecular complexity index is 1810. The predicted octanol–water partition coefficient (Wildman–Crippen LogP) is 12.0. The summed E-state index contributed by atoms with van der Waals surface area (Å²) >= 11 is 3.79. The first-order chi connectivity index (χ1) is 20.5. The van der Waals surface area contributed by atoms with E-state index in [4.69, 9.17) is 9.97 Å². The van der Waals surface area contributed by atoms with E-state index in [2.05, 4.69) is 132 Å². The van der Waals surface area contributed by atoms with E-state index in [1.54, 1.807) is 0 Å². The lowest BCUT2D eigenvalue weighted by Crippen LogP contribution is -2.17. The molecule has 0 amide bonds. The Morgan fingerprint density at radius 3 is 1.62 bits per heavy atom. The Hall–Kier alpha value is -3.60. The standard InChI is InChI=1S/C38H38N2S2/c1-6-25(4)30-21-22-31(41-30)28-19-20-29(32-23-24-33(42-32)38(5,7-2)8-3)37-36(28)39-34(26-15-11-9-12-16-26)35(40-37)27-17-13-10-14-18-27/h9-25H,6-8H2,1-5H3. The Morgan fingerprint density at radius 1 is 0.619 bits per heavy atom. The highest BCUT2D eigenvalue weighted by molar-refractivity contribution is 7.16. The van der Waals surface area contributed by atoms with Crippen LogP contribution < -0.4 is 0 Å². The number of fused-ring (bicyclic) bond motifs is 1. The van der Waals surface area contributed by atoms with Gasteiger partial charge in [-0.25, -0.2) is 9.97 Å². The second-order valence-corrected chi connectivity index (χ2v) is 13.7. The molecule has 0 aliphatic heterocycles. The maximum Gasteiger partial charge on any atom is 0.0988 e. The number of nitrogens with zero attached hydrogens (tertiary/aromatic N) is 2. The number of thiophene rings is 2. The Kier molecular flexibility index (Phi) is 8.11. The highest BCUT2D eigenvalue weighted by Crippen LogP contribution is 2.44. The number of benzene rings is 3. The molecule has 3 aromatic carbocycles. The van der Waals surface area contributed by atoms with E-state index in [9.17, 15) is 0 Å². The van der Waals surface area contributed by atoms with Crippen molar-refractivity contribution < 1.29 is 0 Å². The largest absolute Gasteiger partial charge is 0.243 e. The molecule has 42 heavy (non-hydrogen) atoms. The molecule has 1 unspecified atom stereocenters. The molecule has 0 fully saturated rings. The monoisotopic (exact) mass is 586 g/mol. The number of rotatable bonds is 9. The molecular formula is C38H38N2S2. The van der Waals surface area contributed by atoms with Crippen molar-refractivity contribution in [2.75, 3.05) is 0 Å². The molecule has 0 aliphatic carbocycles. The lowest BCUT2D eigenvalue weighted by molar-refractivity contribution is 0.448. The van der Waals surface area contributed by atoms with Gasteiger partial charge in [0.2, 0.25) is 0 Å². The molecule has 6 rings (SSSR count). The van der Waals surface area contributed by atoms with Gasteiger partial charge in [-0.05, 0) is 49.4 Å². The van der Waals surface area contributed by atoms with Crippen LogP contribution in [0.3, 0.4) is 0 Å². The van der Waals surface area contributed by atoms with Crippen LogP contribution in [-0.2, 0) is 5.41 Å². The van der Waals surface area contributed by atoms with Crippen molar-refractivity contribution in [3.63, 3.8) is 0 Å². The van der Waals surface area contributed by atoms with Gasteiger partial charge in [0.25, 0.3) is 0 Å². The average Bonchev–Trinajstić information content (AvgIpc) is 3.75. The van der Waals surface area contributed by atoms with Crippen LogP contribution in [-0.4, -0.2) is 9.97 Å². The fourth-order valence-electron chi connectivity index (χ4n) is 5.50. The summed E-state index contributed by atoms with van der Waals surface area (Å²) in [5.74, 6) is 0.543. The normalized spacial score (nSPS) is 12.6. The van der Waals surface area contributed by atoms with Gasteiger partial charge in [-0.3, -0.25) is 0 Å². The molecule has 3 aromatic heterocycles. The van der Waals surface area contributed by atoms with E-state index >= 15 is 0 Å². The molecule has 0 saturated carbocycles. The van der Waals surface area contributed by atoms with Crippen LogP contribution in [0.25, 0.3) is 54.4 Å². The number of hydrogen-bond acceptors (Lipinski definition) is 4. The van der Waals surface area contributed by atoms with Crippen molar-refractivity contribution in [2.45, 2.75) is 65.2 Å². The molecular weight excluding hydrogens is 549 g/mol. The minimum atomic E-state index is 0.184. The van der Waals surface area contributed by atoms with Crippen LogP contribution in [0.1, 0.15) is 69.6 Å². The molecule has 1 atom stereocenters. The molecule has 0 aliphatic rings. The topological polar surface area (TPSA) is 25.8 Å². The van der Waals surface area contributed by atoms with Gasteiger partial charge in [0.1, 0.15) is 0 Å². The van der Waals surface area contributed by atoms with Crippen LogP contribution in [0.5, 0.6) is 0 Å². The minimum Gasteiger partial charge on any atom is -0.243 e. The summed E-state index contributed by atoms with van der Waals surface area (Å²) in [6.45, 7) is 11.5. The molecule has 0 spiro atoms. The van der Waals surface area contributed by atoms with Crippen LogP contribution in [0.15, 0.2) is 97.1 Å². The summed E-state index contributed by atoms with van der Waals surface area (Å²) in [6, 6.07) is 34.7. The van der Waals surface area contributed by atoms with Crippen molar-refractivity contribution in [1.29, 1.82) is 0 Å². The lowest BCUT2D eigenvalue weighted by Gasteiger charge is -2.25. The quantitative estimate of drug-likeness (QED) is 0.168. The Labute approximate surface area is 258 Å². The maximum absolute atomic E-state index is 5.50. The third-order valence-electron chi connectivity index (χ3n) is 8.93. The molecule has 4 heteroatoms. The molecule has 0 radical (unpaired) electrons. The molecule has 3 heterocycles. The summed E-state index contributed by atoms with van der Waals surface area (Å²) in [7, 11) is 0. The van der Waals surface area contributed by atoms with Gasteiger partial charge in [-0.2, -0.15) is 0 Å². The van der Waals surface area contributed by atoms with Crippen molar-refractivity contribution in [1.82, 2.24) is 9.97 Å². The molecule has 0 bridgehead atoms. The average molecular weight is 587 g/mol. The van der Waals surface area contributed by atoms with E-state index in [0.29, 0.717) is 5.92 Å². The minimum absolute atomic E-state index is 0.184. The zero-order valence-electron chi connectivity index (χ0n) is 25.1. The first-order valence-corrected chi connectivity index (χ1v) is 16.8. The summed E-state index contributed by atoms with van der Waals surface area (Å²) in [5, 5.41) is 0. The first-order valence-electron chi connectivity index (χ1n) is 15.1. The van der Waals surface area contributed by atoms with E-state index in [1.807, 2.05) is 22.7 Å². The third kappa shape index (κ3) is 5.23. The summed E-state index contributed by atoms with van der Waals surface area (Å²) in [5.41, 5.74) is 8.42. The van der Waals surface area contributed by atoms with Crippen LogP contribution in [0.4, 0.5) is 0 Å². The Balaban J connectivity index is 1.65. The number of hydrogen-bond donors (Lipinski definition) is 0. The van der Waals surface area contributed by atoms with Gasteiger partial charge in [-0.15, -0.1) is 22.7 Å². The van der Waals surface area contributed by atoms with E-state index in [0.717, 1.165) is 63.9 Å². The SMILES string of the molecule is CCC(C)c1ccc(-c2ccc(-c3ccc(C(C)(CC)CC)s3)c3nc(-c4ccccc4)c(-c4ccccc4)nc23)s1. The first kappa shape index (κ1) is 28.5. The lowest BCUT2D eigenvalue weighted by atomic mass is 9.83. The van der Waals surface area contributed by atoms with E-state index in [1.165, 1.54) is 19.5 Å². The van der Waals surface area contributed by atoms with Gasteiger partial charge < -0.3 is 0 Å². The summed E-state index contributed by atoms with van der Waals surface area (Å²) in [6.07, 6.45) is 3.38. The summed E-state index contributed by atoms with van der Waals surface area (Å²) in [4.78, 5) is 16.4. The molecule has 0 N–H and O–H groups in total. The molecule has 6 aromatic rings. The second-order valence-electron chi connectivity index (χ2n) is 11.5. The highest BCUT2D eigenvalue weighted by atomic mass is 32.1. The van der Waals surface area contributed by atoms with Gasteiger partial charge in [0.15, 0.2) is 0 Å². The van der Waals surface area contributed by atoms with Crippen molar-refractivity contribution in [2.24, 2.45) is 0 Å². The fourth-order valence-corrected chi connectivity index (χ4v) is 7.98. The predicted molar refractivity (Wildman–Crippen MR) is 184 cm³/mol. The van der Waals surface area contributed by atoms with Crippen molar-refractivity contribution >= 4 is 33.7 Å². The van der Waals surface area contributed by atoms with Gasteiger partial charge in [0, 0.05) is 47.2 Å². The van der Waals surface area contributed by atoms with Crippen molar-refractivity contribution in [3.05, 3.63) is 107 Å². The third-order valence-corrected chi connectivity index (χ3v) is 11.7. The summed E-state index contributed by atoms with van der Waals surface area (Å²) < 4.78 is 0. The molecule has 0 saturated heterocycles. The maximum atomic E-state index is 5.50. The van der Waals surface area contributed by atoms with E-state index < -0.39 is 0 Å².